The van der Waals surface area contributed by atoms with Crippen LogP contribution in [0.4, 0.5) is 0 Å². The van der Waals surface area contributed by atoms with Gasteiger partial charge in [0.25, 0.3) is 11.8 Å². The molecule has 0 radical (unpaired) electrons. The summed E-state index contributed by atoms with van der Waals surface area (Å²) in [5.74, 6) is 0.256. The number of rotatable bonds is 6. The third kappa shape index (κ3) is 5.87. The van der Waals surface area contributed by atoms with E-state index in [2.05, 4.69) is 5.32 Å². The molecule has 1 aliphatic heterocycles. The van der Waals surface area contributed by atoms with Gasteiger partial charge in [-0.2, -0.15) is 0 Å². The first-order chi connectivity index (χ1) is 15.4. The van der Waals surface area contributed by atoms with Gasteiger partial charge < -0.3 is 19.9 Å². The monoisotopic (exact) mass is 437 g/mol. The number of aryl methyl sites for hydroxylation is 2. The molecule has 1 fully saturated rings. The zero-order chi connectivity index (χ0) is 23.1. The van der Waals surface area contributed by atoms with Crippen LogP contribution in [0.25, 0.3) is 0 Å². The summed E-state index contributed by atoms with van der Waals surface area (Å²) in [4.78, 5) is 40.9. The molecule has 3 rings (SSSR count). The van der Waals surface area contributed by atoms with Gasteiger partial charge in [-0.1, -0.05) is 30.3 Å². The van der Waals surface area contributed by atoms with Gasteiger partial charge >= 0.3 is 0 Å². The molecule has 1 N–H and O–H groups in total. The van der Waals surface area contributed by atoms with Gasteiger partial charge in [0, 0.05) is 31.7 Å². The summed E-state index contributed by atoms with van der Waals surface area (Å²) in [5, 5.41) is 2.67. The van der Waals surface area contributed by atoms with Gasteiger partial charge in [-0.15, -0.1) is 0 Å². The molecule has 3 amide bonds. The van der Waals surface area contributed by atoms with Crippen molar-refractivity contribution in [2.45, 2.75) is 27.2 Å². The smallest absolute Gasteiger partial charge is 0.260 e. The van der Waals surface area contributed by atoms with Crippen molar-refractivity contribution in [2.24, 2.45) is 0 Å². The summed E-state index contributed by atoms with van der Waals surface area (Å²) >= 11 is 0. The van der Waals surface area contributed by atoms with Crippen LogP contribution in [0.1, 0.15) is 33.5 Å². The Kier molecular flexibility index (Phi) is 7.87. The van der Waals surface area contributed by atoms with Gasteiger partial charge in [-0.3, -0.25) is 14.4 Å². The Morgan fingerprint density at radius 3 is 2.16 bits per heavy atom. The number of amides is 3. The summed E-state index contributed by atoms with van der Waals surface area (Å²) in [6, 6.07) is 12.8. The molecule has 0 aromatic heterocycles. The molecule has 1 saturated heterocycles. The van der Waals surface area contributed by atoms with E-state index in [1.165, 1.54) is 0 Å². The predicted octanol–water partition coefficient (Wildman–Crippen LogP) is 2.48. The van der Waals surface area contributed by atoms with Crippen molar-refractivity contribution in [1.29, 1.82) is 0 Å². The lowest BCUT2D eigenvalue weighted by Crippen LogP contribution is -2.43. The summed E-state index contributed by atoms with van der Waals surface area (Å²) in [7, 11) is 0. The summed E-state index contributed by atoms with van der Waals surface area (Å²) in [6.07, 6.45) is 0.687. The van der Waals surface area contributed by atoms with E-state index in [1.54, 1.807) is 34.1 Å². The minimum atomic E-state index is -0.274. The first-order valence-electron chi connectivity index (χ1n) is 10.9. The zero-order valence-electron chi connectivity index (χ0n) is 19.0. The van der Waals surface area contributed by atoms with Gasteiger partial charge in [0.2, 0.25) is 5.91 Å². The van der Waals surface area contributed by atoms with Crippen molar-refractivity contribution in [3.8, 4) is 5.75 Å². The van der Waals surface area contributed by atoms with Crippen LogP contribution < -0.4 is 10.1 Å². The first-order valence-corrected chi connectivity index (χ1v) is 10.9. The van der Waals surface area contributed by atoms with Gasteiger partial charge in [-0.05, 0) is 56.0 Å². The summed E-state index contributed by atoms with van der Waals surface area (Å²) in [5.41, 5.74) is 3.70. The van der Waals surface area contributed by atoms with Crippen molar-refractivity contribution < 1.29 is 19.1 Å². The van der Waals surface area contributed by atoms with E-state index in [0.29, 0.717) is 38.2 Å². The van der Waals surface area contributed by atoms with Crippen molar-refractivity contribution in [2.75, 3.05) is 39.3 Å². The number of carbonyl (C=O) groups is 3. The fourth-order valence-electron chi connectivity index (χ4n) is 3.75. The van der Waals surface area contributed by atoms with E-state index >= 15 is 0 Å². The Labute approximate surface area is 189 Å². The van der Waals surface area contributed by atoms with Gasteiger partial charge in [0.05, 0.1) is 6.54 Å². The Hall–Kier alpha value is -3.35. The lowest BCUT2D eigenvalue weighted by atomic mass is 10.1. The number of hydrogen-bond donors (Lipinski definition) is 1. The van der Waals surface area contributed by atoms with Crippen LogP contribution in [0.5, 0.6) is 5.75 Å². The maximum absolute atomic E-state index is 12.7. The fraction of sp³-hybridized carbons (Fsp3) is 0.400. The third-order valence-corrected chi connectivity index (χ3v) is 5.85. The SMILES string of the molecule is Cc1ccc(C)c(OCC(=O)N2CCCN(C(=O)CNC(=O)c3ccccc3)CC2)c1C. The number of nitrogens with one attached hydrogen (secondary N) is 1. The van der Waals surface area contributed by atoms with Gasteiger partial charge in [-0.25, -0.2) is 0 Å². The normalized spacial score (nSPS) is 14.0. The lowest BCUT2D eigenvalue weighted by molar-refractivity contribution is -0.134. The van der Waals surface area contributed by atoms with Crippen molar-refractivity contribution in [1.82, 2.24) is 15.1 Å². The maximum Gasteiger partial charge on any atom is 0.260 e. The molecule has 0 spiro atoms. The fourth-order valence-corrected chi connectivity index (χ4v) is 3.75. The summed E-state index contributed by atoms with van der Waals surface area (Å²) in [6.45, 7) is 7.93. The molecular formula is C25H31N3O4. The van der Waals surface area contributed by atoms with Crippen LogP contribution in [-0.2, 0) is 9.59 Å². The van der Waals surface area contributed by atoms with Crippen LogP contribution in [0.2, 0.25) is 0 Å². The molecule has 7 heteroatoms. The third-order valence-electron chi connectivity index (χ3n) is 5.85. The minimum Gasteiger partial charge on any atom is -0.483 e. The molecule has 1 heterocycles. The Morgan fingerprint density at radius 2 is 1.47 bits per heavy atom. The van der Waals surface area contributed by atoms with Crippen LogP contribution in [0.15, 0.2) is 42.5 Å². The lowest BCUT2D eigenvalue weighted by Gasteiger charge is -2.23. The van der Waals surface area contributed by atoms with Crippen LogP contribution in [0.3, 0.4) is 0 Å². The van der Waals surface area contributed by atoms with E-state index in [0.717, 1.165) is 22.4 Å². The molecule has 170 valence electrons. The maximum atomic E-state index is 12.7. The summed E-state index contributed by atoms with van der Waals surface area (Å²) < 4.78 is 5.87. The molecule has 0 saturated carbocycles. The highest BCUT2D eigenvalue weighted by Gasteiger charge is 2.23. The molecule has 0 unspecified atom stereocenters. The number of hydrogen-bond acceptors (Lipinski definition) is 4. The predicted molar refractivity (Wildman–Crippen MR) is 123 cm³/mol. The highest BCUT2D eigenvalue weighted by Crippen LogP contribution is 2.25. The number of nitrogens with zero attached hydrogens (tertiary/aromatic N) is 2. The Balaban J connectivity index is 1.48. The van der Waals surface area contributed by atoms with Crippen LogP contribution >= 0.6 is 0 Å². The molecule has 7 nitrogen and oxygen atoms in total. The van der Waals surface area contributed by atoms with Crippen molar-refractivity contribution in [3.63, 3.8) is 0 Å². The van der Waals surface area contributed by atoms with E-state index in [-0.39, 0.29) is 30.9 Å². The largest absolute Gasteiger partial charge is 0.483 e. The first kappa shape index (κ1) is 23.3. The van der Waals surface area contributed by atoms with Gasteiger partial charge in [0.15, 0.2) is 6.61 Å². The van der Waals surface area contributed by atoms with Crippen molar-refractivity contribution >= 4 is 17.7 Å². The molecule has 2 aromatic carbocycles. The van der Waals surface area contributed by atoms with E-state index < -0.39 is 0 Å². The van der Waals surface area contributed by atoms with E-state index in [4.69, 9.17) is 4.74 Å². The van der Waals surface area contributed by atoms with Gasteiger partial charge in [0.1, 0.15) is 5.75 Å². The van der Waals surface area contributed by atoms with Crippen LogP contribution in [0, 0.1) is 20.8 Å². The molecule has 0 bridgehead atoms. The van der Waals surface area contributed by atoms with Crippen molar-refractivity contribution in [3.05, 3.63) is 64.7 Å². The molecule has 1 aliphatic rings. The molecular weight excluding hydrogens is 406 g/mol. The molecule has 0 atom stereocenters. The average molecular weight is 438 g/mol. The minimum absolute atomic E-state index is 0.0216. The molecule has 0 aliphatic carbocycles. The molecule has 32 heavy (non-hydrogen) atoms. The Morgan fingerprint density at radius 1 is 0.844 bits per heavy atom. The topological polar surface area (TPSA) is 79.0 Å². The highest BCUT2D eigenvalue weighted by atomic mass is 16.5. The second-order valence-electron chi connectivity index (χ2n) is 8.11. The number of ether oxygens (including phenoxy) is 1. The standard InChI is InChI=1S/C25H31N3O4/c1-18-10-11-19(2)24(20(18)3)32-17-23(30)28-13-7-12-27(14-15-28)22(29)16-26-25(31)21-8-5-4-6-9-21/h4-6,8-11H,7,12-17H2,1-3H3,(H,26,31). The number of benzene rings is 2. The molecule has 2 aromatic rings. The second kappa shape index (κ2) is 10.8. The zero-order valence-corrected chi connectivity index (χ0v) is 19.0. The average Bonchev–Trinajstić information content (AvgIpc) is 3.06. The van der Waals surface area contributed by atoms with E-state index in [9.17, 15) is 14.4 Å². The quantitative estimate of drug-likeness (QED) is 0.753. The Bertz CT molecular complexity index is 975. The second-order valence-corrected chi connectivity index (χ2v) is 8.11. The number of carbonyl (C=O) groups excluding carboxylic acids is 3. The van der Waals surface area contributed by atoms with Crippen LogP contribution in [-0.4, -0.2) is 66.9 Å². The van der Waals surface area contributed by atoms with E-state index in [1.807, 2.05) is 39.0 Å². The highest BCUT2D eigenvalue weighted by molar-refractivity contribution is 5.96.